The lowest BCUT2D eigenvalue weighted by Crippen LogP contribution is -2.26. The summed E-state index contributed by atoms with van der Waals surface area (Å²) in [5.41, 5.74) is 0. The molecule has 1 aromatic rings. The lowest BCUT2D eigenvalue weighted by atomic mass is 10.4. The van der Waals surface area contributed by atoms with E-state index in [1.54, 1.807) is 0 Å². The van der Waals surface area contributed by atoms with Gasteiger partial charge in [0.25, 0.3) is 0 Å². The van der Waals surface area contributed by atoms with E-state index in [2.05, 4.69) is 24.8 Å². The highest BCUT2D eigenvalue weighted by molar-refractivity contribution is 5.68. The maximum absolute atomic E-state index is 10.6. The molecule has 0 saturated carbocycles. The van der Waals surface area contributed by atoms with E-state index in [0.717, 1.165) is 51.9 Å². The molecule has 2 aliphatic rings. The van der Waals surface area contributed by atoms with Gasteiger partial charge in [0.1, 0.15) is 0 Å². The smallest absolute Gasteiger partial charge is 0.341 e. The molecule has 21 heavy (non-hydrogen) atoms. The molecule has 0 bridgehead atoms. The van der Waals surface area contributed by atoms with E-state index in [0.29, 0.717) is 11.9 Å². The molecule has 0 unspecified atom stereocenters. The molecule has 0 radical (unpaired) electrons. The van der Waals surface area contributed by atoms with Crippen LogP contribution in [-0.4, -0.2) is 58.8 Å². The SMILES string of the molecule is O=C(O)COc1nc(N2CCCC2)nc(N2CCCC2)n1. The normalized spacial score (nSPS) is 18.3. The van der Waals surface area contributed by atoms with Crippen LogP contribution in [-0.2, 0) is 4.79 Å². The number of aromatic nitrogens is 3. The Bertz CT molecular complexity index is 478. The van der Waals surface area contributed by atoms with E-state index in [-0.39, 0.29) is 6.01 Å². The van der Waals surface area contributed by atoms with Gasteiger partial charge >= 0.3 is 12.0 Å². The number of hydrogen-bond acceptors (Lipinski definition) is 7. The number of hydrogen-bond donors (Lipinski definition) is 1. The number of rotatable bonds is 5. The fourth-order valence-corrected chi connectivity index (χ4v) is 2.64. The minimum absolute atomic E-state index is 0.0937. The van der Waals surface area contributed by atoms with Gasteiger partial charge in [0.15, 0.2) is 6.61 Å². The van der Waals surface area contributed by atoms with Crippen molar-refractivity contribution in [3.63, 3.8) is 0 Å². The van der Waals surface area contributed by atoms with Gasteiger partial charge in [0.2, 0.25) is 11.9 Å². The van der Waals surface area contributed by atoms with Gasteiger partial charge < -0.3 is 19.6 Å². The molecule has 3 rings (SSSR count). The zero-order valence-corrected chi connectivity index (χ0v) is 11.9. The van der Waals surface area contributed by atoms with Crippen molar-refractivity contribution in [3.05, 3.63) is 0 Å². The molecule has 0 atom stereocenters. The van der Waals surface area contributed by atoms with Gasteiger partial charge in [-0.05, 0) is 25.7 Å². The molecule has 2 saturated heterocycles. The molecule has 2 fully saturated rings. The minimum Gasteiger partial charge on any atom is -0.479 e. The number of anilines is 2. The Labute approximate surface area is 122 Å². The first-order valence-corrected chi connectivity index (χ1v) is 7.33. The number of ether oxygens (including phenoxy) is 1. The highest BCUT2D eigenvalue weighted by atomic mass is 16.5. The van der Waals surface area contributed by atoms with Crippen LogP contribution >= 0.6 is 0 Å². The molecule has 0 spiro atoms. The summed E-state index contributed by atoms with van der Waals surface area (Å²) in [4.78, 5) is 27.8. The Morgan fingerprint density at radius 3 is 1.86 bits per heavy atom. The minimum atomic E-state index is -1.04. The van der Waals surface area contributed by atoms with Crippen molar-refractivity contribution in [2.24, 2.45) is 0 Å². The fourth-order valence-electron chi connectivity index (χ4n) is 2.64. The summed E-state index contributed by atoms with van der Waals surface area (Å²) in [6.45, 7) is 3.23. The molecule has 0 aromatic carbocycles. The van der Waals surface area contributed by atoms with Gasteiger partial charge in [-0.15, -0.1) is 0 Å². The third-order valence-electron chi connectivity index (χ3n) is 3.69. The van der Waals surface area contributed by atoms with Crippen LogP contribution in [0, 0.1) is 0 Å². The standard InChI is InChI=1S/C13H19N5O3/c19-10(20)9-21-13-15-11(17-5-1-2-6-17)14-12(16-13)18-7-3-4-8-18/h1-9H2,(H,19,20). The van der Waals surface area contributed by atoms with Crippen LogP contribution < -0.4 is 14.5 Å². The lowest BCUT2D eigenvalue weighted by molar-refractivity contribution is -0.139. The predicted octanol–water partition coefficient (Wildman–Crippen LogP) is 0.535. The van der Waals surface area contributed by atoms with Crippen LogP contribution in [0.5, 0.6) is 6.01 Å². The summed E-state index contributed by atoms with van der Waals surface area (Å²) >= 11 is 0. The van der Waals surface area contributed by atoms with Gasteiger partial charge in [-0.3, -0.25) is 0 Å². The molecule has 3 heterocycles. The van der Waals surface area contributed by atoms with Gasteiger partial charge in [0, 0.05) is 26.2 Å². The Morgan fingerprint density at radius 2 is 1.43 bits per heavy atom. The second kappa shape index (κ2) is 6.11. The molecule has 8 nitrogen and oxygen atoms in total. The van der Waals surface area contributed by atoms with Crippen LogP contribution in [0.25, 0.3) is 0 Å². The lowest BCUT2D eigenvalue weighted by Gasteiger charge is -2.20. The van der Waals surface area contributed by atoms with E-state index in [1.807, 2.05) is 0 Å². The van der Waals surface area contributed by atoms with Crippen LogP contribution in [0.2, 0.25) is 0 Å². The van der Waals surface area contributed by atoms with Gasteiger partial charge in [-0.2, -0.15) is 15.0 Å². The van der Waals surface area contributed by atoms with Crippen molar-refractivity contribution in [2.75, 3.05) is 42.6 Å². The number of carboxylic acid groups (broad SMARTS) is 1. The summed E-state index contributed by atoms with van der Waals surface area (Å²) in [6, 6.07) is 0.0937. The van der Waals surface area contributed by atoms with E-state index in [9.17, 15) is 4.79 Å². The first-order chi connectivity index (χ1) is 10.2. The van der Waals surface area contributed by atoms with Crippen LogP contribution in [0.4, 0.5) is 11.9 Å². The number of aliphatic carboxylic acids is 1. The van der Waals surface area contributed by atoms with E-state index in [4.69, 9.17) is 9.84 Å². The van der Waals surface area contributed by atoms with Gasteiger partial charge in [-0.25, -0.2) is 4.79 Å². The highest BCUT2D eigenvalue weighted by Crippen LogP contribution is 2.23. The number of carbonyl (C=O) groups is 1. The van der Waals surface area contributed by atoms with Crippen LogP contribution in [0.3, 0.4) is 0 Å². The Morgan fingerprint density at radius 1 is 0.952 bits per heavy atom. The number of nitrogens with zero attached hydrogens (tertiary/aromatic N) is 5. The third-order valence-corrected chi connectivity index (χ3v) is 3.69. The quantitative estimate of drug-likeness (QED) is 0.841. The molecule has 8 heteroatoms. The Hall–Kier alpha value is -2.12. The zero-order valence-electron chi connectivity index (χ0n) is 11.9. The first kappa shape index (κ1) is 13.8. The second-order valence-corrected chi connectivity index (χ2v) is 5.29. The van der Waals surface area contributed by atoms with Gasteiger partial charge in [-0.1, -0.05) is 0 Å². The van der Waals surface area contributed by atoms with Crippen LogP contribution in [0.1, 0.15) is 25.7 Å². The summed E-state index contributed by atoms with van der Waals surface area (Å²) in [5.74, 6) is 0.135. The third kappa shape index (κ3) is 3.32. The monoisotopic (exact) mass is 293 g/mol. The molecular formula is C13H19N5O3. The molecule has 2 aliphatic heterocycles. The van der Waals surface area contributed by atoms with E-state index in [1.165, 1.54) is 0 Å². The van der Waals surface area contributed by atoms with E-state index >= 15 is 0 Å². The average Bonchev–Trinajstić information content (AvgIpc) is 3.17. The Balaban J connectivity index is 1.85. The van der Waals surface area contributed by atoms with Crippen molar-refractivity contribution >= 4 is 17.9 Å². The van der Waals surface area contributed by atoms with Crippen molar-refractivity contribution < 1.29 is 14.6 Å². The second-order valence-electron chi connectivity index (χ2n) is 5.29. The molecule has 1 aromatic heterocycles. The van der Waals surface area contributed by atoms with Gasteiger partial charge in [0.05, 0.1) is 0 Å². The molecule has 1 N–H and O–H groups in total. The molecule has 0 aliphatic carbocycles. The zero-order chi connectivity index (χ0) is 14.7. The van der Waals surface area contributed by atoms with E-state index < -0.39 is 12.6 Å². The van der Waals surface area contributed by atoms with Crippen molar-refractivity contribution in [1.29, 1.82) is 0 Å². The van der Waals surface area contributed by atoms with Crippen molar-refractivity contribution in [2.45, 2.75) is 25.7 Å². The summed E-state index contributed by atoms with van der Waals surface area (Å²) in [7, 11) is 0. The molecule has 114 valence electrons. The largest absolute Gasteiger partial charge is 0.479 e. The summed E-state index contributed by atoms with van der Waals surface area (Å²) in [6.07, 6.45) is 4.48. The first-order valence-electron chi connectivity index (χ1n) is 7.33. The Kier molecular flexibility index (Phi) is 4.03. The van der Waals surface area contributed by atoms with Crippen LogP contribution in [0.15, 0.2) is 0 Å². The maximum atomic E-state index is 10.6. The summed E-state index contributed by atoms with van der Waals surface area (Å²) in [5, 5.41) is 8.72. The molecular weight excluding hydrogens is 274 g/mol. The number of carboxylic acids is 1. The topological polar surface area (TPSA) is 91.7 Å². The summed E-state index contributed by atoms with van der Waals surface area (Å²) < 4.78 is 5.15. The highest BCUT2D eigenvalue weighted by Gasteiger charge is 2.22. The van der Waals surface area contributed by atoms with Crippen molar-refractivity contribution in [1.82, 2.24) is 15.0 Å². The average molecular weight is 293 g/mol. The predicted molar refractivity (Wildman–Crippen MR) is 75.9 cm³/mol. The fraction of sp³-hybridized carbons (Fsp3) is 0.692. The maximum Gasteiger partial charge on any atom is 0.341 e. The van der Waals surface area contributed by atoms with Crippen molar-refractivity contribution in [3.8, 4) is 6.01 Å². The molecule has 0 amide bonds.